The van der Waals surface area contributed by atoms with E-state index in [1.54, 1.807) is 31.3 Å². The predicted molar refractivity (Wildman–Crippen MR) is 104 cm³/mol. The summed E-state index contributed by atoms with van der Waals surface area (Å²) in [5, 5.41) is 0.604. The number of benzene rings is 2. The van der Waals surface area contributed by atoms with Gasteiger partial charge in [0.1, 0.15) is 23.8 Å². The van der Waals surface area contributed by atoms with Crippen LogP contribution < -0.4 is 4.74 Å². The lowest BCUT2D eigenvalue weighted by atomic mass is 10.1. The molecule has 0 aliphatic rings. The Morgan fingerprint density at radius 3 is 2.50 bits per heavy atom. The van der Waals surface area contributed by atoms with Crippen molar-refractivity contribution < 1.29 is 26.8 Å². The number of sulfone groups is 1. The SMILES string of the molecule is CN(CCOc1ccc(F)cc1)C(=O)c1oc2ccccc2c1CS(C)(=O)=O. The van der Waals surface area contributed by atoms with Gasteiger partial charge in [-0.05, 0) is 30.3 Å². The van der Waals surface area contributed by atoms with E-state index in [9.17, 15) is 17.6 Å². The van der Waals surface area contributed by atoms with E-state index in [0.29, 0.717) is 22.3 Å². The zero-order valence-electron chi connectivity index (χ0n) is 15.5. The van der Waals surface area contributed by atoms with Crippen molar-refractivity contribution >= 4 is 26.7 Å². The van der Waals surface area contributed by atoms with Gasteiger partial charge in [0.2, 0.25) is 0 Å². The summed E-state index contributed by atoms with van der Waals surface area (Å²) >= 11 is 0. The molecule has 2 aromatic carbocycles. The topological polar surface area (TPSA) is 76.8 Å². The third-order valence-corrected chi connectivity index (χ3v) is 4.97. The number of para-hydroxylation sites is 1. The van der Waals surface area contributed by atoms with Crippen LogP contribution in [0.25, 0.3) is 11.0 Å². The molecule has 3 rings (SSSR count). The Labute approximate surface area is 162 Å². The number of fused-ring (bicyclic) bond motifs is 1. The van der Waals surface area contributed by atoms with Crippen LogP contribution in [0.4, 0.5) is 4.39 Å². The van der Waals surface area contributed by atoms with E-state index < -0.39 is 15.7 Å². The molecule has 0 unspecified atom stereocenters. The first-order valence-corrected chi connectivity index (χ1v) is 10.6. The first-order chi connectivity index (χ1) is 13.2. The fraction of sp³-hybridized carbons (Fsp3) is 0.250. The van der Waals surface area contributed by atoms with Crippen LogP contribution in [0, 0.1) is 5.82 Å². The third kappa shape index (κ3) is 4.69. The number of likely N-dealkylation sites (N-methyl/N-ethyl adjacent to an activating group) is 1. The van der Waals surface area contributed by atoms with Gasteiger partial charge in [0, 0.05) is 24.3 Å². The summed E-state index contributed by atoms with van der Waals surface area (Å²) in [7, 11) is -1.79. The minimum Gasteiger partial charge on any atom is -0.492 e. The first kappa shape index (κ1) is 19.9. The third-order valence-electron chi connectivity index (χ3n) is 4.15. The van der Waals surface area contributed by atoms with Crippen LogP contribution in [0.15, 0.2) is 52.9 Å². The van der Waals surface area contributed by atoms with E-state index in [4.69, 9.17) is 9.15 Å². The first-order valence-electron chi connectivity index (χ1n) is 8.56. The van der Waals surface area contributed by atoms with Crippen molar-refractivity contribution in [3.63, 3.8) is 0 Å². The molecule has 0 radical (unpaired) electrons. The lowest BCUT2D eigenvalue weighted by molar-refractivity contribution is 0.0743. The Hall–Kier alpha value is -2.87. The van der Waals surface area contributed by atoms with Gasteiger partial charge in [-0.1, -0.05) is 18.2 Å². The minimum absolute atomic E-state index is 0.0101. The summed E-state index contributed by atoms with van der Waals surface area (Å²) in [6, 6.07) is 12.5. The predicted octanol–water partition coefficient (Wildman–Crippen LogP) is 3.27. The average Bonchev–Trinajstić information content (AvgIpc) is 2.99. The van der Waals surface area contributed by atoms with Crippen LogP contribution in [0.3, 0.4) is 0 Å². The smallest absolute Gasteiger partial charge is 0.289 e. The van der Waals surface area contributed by atoms with Crippen LogP contribution in [0.2, 0.25) is 0 Å². The maximum atomic E-state index is 12.9. The Morgan fingerprint density at radius 2 is 1.82 bits per heavy atom. The zero-order chi connectivity index (χ0) is 20.3. The van der Waals surface area contributed by atoms with Crippen LogP contribution >= 0.6 is 0 Å². The largest absolute Gasteiger partial charge is 0.492 e. The van der Waals surface area contributed by atoms with Crippen LogP contribution in [-0.4, -0.2) is 45.7 Å². The molecular formula is C20H20FNO5S. The number of hydrogen-bond acceptors (Lipinski definition) is 5. The molecular weight excluding hydrogens is 385 g/mol. The fourth-order valence-corrected chi connectivity index (χ4v) is 3.59. The molecule has 8 heteroatoms. The van der Waals surface area contributed by atoms with Gasteiger partial charge in [0.25, 0.3) is 5.91 Å². The second-order valence-electron chi connectivity index (χ2n) is 6.51. The van der Waals surface area contributed by atoms with Crippen molar-refractivity contribution in [2.75, 3.05) is 26.5 Å². The molecule has 0 saturated carbocycles. The summed E-state index contributed by atoms with van der Waals surface area (Å²) < 4.78 is 47.7. The number of ether oxygens (including phenoxy) is 1. The minimum atomic E-state index is -3.36. The van der Waals surface area contributed by atoms with Gasteiger partial charge in [0.15, 0.2) is 15.6 Å². The van der Waals surface area contributed by atoms with E-state index in [2.05, 4.69) is 0 Å². The number of halogens is 1. The van der Waals surface area contributed by atoms with Gasteiger partial charge < -0.3 is 14.1 Å². The summed E-state index contributed by atoms with van der Waals surface area (Å²) in [5.41, 5.74) is 0.815. The summed E-state index contributed by atoms with van der Waals surface area (Å²) in [6.07, 6.45) is 1.11. The summed E-state index contributed by atoms with van der Waals surface area (Å²) in [5.74, 6) is -0.578. The Bertz CT molecular complexity index is 1090. The van der Waals surface area contributed by atoms with Crippen molar-refractivity contribution in [2.45, 2.75) is 5.75 Å². The highest BCUT2D eigenvalue weighted by atomic mass is 32.2. The maximum Gasteiger partial charge on any atom is 0.289 e. The molecule has 0 saturated heterocycles. The number of furan rings is 1. The number of nitrogens with zero attached hydrogens (tertiary/aromatic N) is 1. The molecule has 0 atom stereocenters. The highest BCUT2D eigenvalue weighted by Crippen LogP contribution is 2.28. The number of carbonyl (C=O) groups excluding carboxylic acids is 1. The van der Waals surface area contributed by atoms with Gasteiger partial charge >= 0.3 is 0 Å². The van der Waals surface area contributed by atoms with E-state index in [1.807, 2.05) is 0 Å². The van der Waals surface area contributed by atoms with Crippen molar-refractivity contribution in [1.29, 1.82) is 0 Å². The normalized spacial score (nSPS) is 11.5. The van der Waals surface area contributed by atoms with Crippen molar-refractivity contribution in [1.82, 2.24) is 4.90 Å². The zero-order valence-corrected chi connectivity index (χ0v) is 16.3. The van der Waals surface area contributed by atoms with E-state index in [0.717, 1.165) is 6.26 Å². The van der Waals surface area contributed by atoms with Gasteiger partial charge in [-0.2, -0.15) is 0 Å². The Balaban J connectivity index is 1.76. The molecule has 1 heterocycles. The lowest BCUT2D eigenvalue weighted by Crippen LogP contribution is -2.31. The van der Waals surface area contributed by atoms with Gasteiger partial charge in [-0.3, -0.25) is 4.79 Å². The molecule has 28 heavy (non-hydrogen) atoms. The number of hydrogen-bond donors (Lipinski definition) is 0. The molecule has 0 spiro atoms. The standard InChI is InChI=1S/C20H20FNO5S/c1-22(11-12-26-15-9-7-14(21)8-10-15)20(23)19-17(13-28(2,24)25)16-5-3-4-6-18(16)27-19/h3-10H,11-13H2,1-2H3. The number of amides is 1. The molecule has 1 amide bonds. The molecule has 0 aliphatic heterocycles. The molecule has 148 valence electrons. The quantitative estimate of drug-likeness (QED) is 0.603. The summed E-state index contributed by atoms with van der Waals surface area (Å²) in [4.78, 5) is 14.2. The van der Waals surface area contributed by atoms with E-state index >= 15 is 0 Å². The molecule has 0 N–H and O–H groups in total. The maximum absolute atomic E-state index is 12.9. The van der Waals surface area contributed by atoms with Gasteiger partial charge in [-0.15, -0.1) is 0 Å². The van der Waals surface area contributed by atoms with Crippen molar-refractivity contribution in [3.8, 4) is 5.75 Å². The monoisotopic (exact) mass is 405 g/mol. The highest BCUT2D eigenvalue weighted by Gasteiger charge is 2.25. The lowest BCUT2D eigenvalue weighted by Gasteiger charge is -2.17. The number of carbonyl (C=O) groups is 1. The average molecular weight is 405 g/mol. The molecule has 0 fully saturated rings. The molecule has 0 aliphatic carbocycles. The van der Waals surface area contributed by atoms with E-state index in [-0.39, 0.29) is 30.5 Å². The summed E-state index contributed by atoms with van der Waals surface area (Å²) in [6.45, 7) is 0.432. The highest BCUT2D eigenvalue weighted by molar-refractivity contribution is 7.89. The van der Waals surface area contributed by atoms with Crippen molar-refractivity contribution in [2.24, 2.45) is 0 Å². The van der Waals surface area contributed by atoms with E-state index in [1.165, 1.54) is 29.2 Å². The van der Waals surface area contributed by atoms with Crippen LogP contribution in [0.5, 0.6) is 5.75 Å². The Kier molecular flexibility index (Phi) is 5.69. The van der Waals surface area contributed by atoms with Gasteiger partial charge in [-0.25, -0.2) is 12.8 Å². The second kappa shape index (κ2) is 8.02. The molecule has 6 nitrogen and oxygen atoms in total. The molecule has 1 aromatic heterocycles. The number of rotatable bonds is 7. The molecule has 3 aromatic rings. The fourth-order valence-electron chi connectivity index (χ4n) is 2.78. The second-order valence-corrected chi connectivity index (χ2v) is 8.65. The Morgan fingerprint density at radius 1 is 1.14 bits per heavy atom. The van der Waals surface area contributed by atoms with Crippen LogP contribution in [0.1, 0.15) is 16.1 Å². The van der Waals surface area contributed by atoms with Gasteiger partial charge in [0.05, 0.1) is 12.3 Å². The van der Waals surface area contributed by atoms with Crippen LogP contribution in [-0.2, 0) is 15.6 Å². The van der Waals surface area contributed by atoms with Crippen molar-refractivity contribution in [3.05, 3.63) is 65.7 Å². The molecule has 0 bridgehead atoms.